The highest BCUT2D eigenvalue weighted by Gasteiger charge is 2.24. The summed E-state index contributed by atoms with van der Waals surface area (Å²) in [6.07, 6.45) is 0. The molecule has 0 aliphatic heterocycles. The molecule has 1 N–H and O–H groups in total. The van der Waals surface area contributed by atoms with Crippen LogP contribution in [0.1, 0.15) is 24.2 Å². The first kappa shape index (κ1) is 21.9. The monoisotopic (exact) mass is 424 g/mol. The average Bonchev–Trinajstić information content (AvgIpc) is 2.69. The highest BCUT2D eigenvalue weighted by Crippen LogP contribution is 2.23. The van der Waals surface area contributed by atoms with Crippen molar-refractivity contribution in [1.29, 1.82) is 0 Å². The predicted octanol–water partition coefficient (Wildman–Crippen LogP) is 2.07. The Hall–Kier alpha value is -2.39. The molecule has 0 fully saturated rings. The second kappa shape index (κ2) is 9.20. The summed E-state index contributed by atoms with van der Waals surface area (Å²) in [7, 11) is -7.04. The molecule has 2 rings (SSSR count). The molecule has 0 aliphatic carbocycles. The fourth-order valence-electron chi connectivity index (χ4n) is 2.58. The quantitative estimate of drug-likeness (QED) is 0.664. The molecular weight excluding hydrogens is 400 g/mol. The SMILES string of the molecule is CCN(c1ccccc1)S(=O)(=O)c1cccc(C(=O)NCCS(=O)(=O)CC)c1. The third-order valence-corrected chi connectivity index (χ3v) is 7.76. The van der Waals surface area contributed by atoms with Gasteiger partial charge in [-0.05, 0) is 37.3 Å². The molecule has 9 heteroatoms. The van der Waals surface area contributed by atoms with Gasteiger partial charge in [0.15, 0.2) is 9.84 Å². The number of nitrogens with one attached hydrogen (secondary N) is 1. The summed E-state index contributed by atoms with van der Waals surface area (Å²) < 4.78 is 50.4. The number of sulfonamides is 1. The van der Waals surface area contributed by atoms with Gasteiger partial charge in [-0.2, -0.15) is 0 Å². The molecule has 0 atom stereocenters. The van der Waals surface area contributed by atoms with Gasteiger partial charge in [0.1, 0.15) is 0 Å². The number of anilines is 1. The third-order valence-electron chi connectivity index (χ3n) is 4.15. The number of para-hydroxylation sites is 1. The molecule has 0 bridgehead atoms. The minimum atomic E-state index is -3.85. The van der Waals surface area contributed by atoms with E-state index in [0.29, 0.717) is 5.69 Å². The summed E-state index contributed by atoms with van der Waals surface area (Å²) in [5.41, 5.74) is 0.684. The van der Waals surface area contributed by atoms with Crippen molar-refractivity contribution in [2.24, 2.45) is 0 Å². The molecule has 0 heterocycles. The number of rotatable bonds is 9. The lowest BCUT2D eigenvalue weighted by Crippen LogP contribution is -2.32. The van der Waals surface area contributed by atoms with Gasteiger partial charge in [-0.3, -0.25) is 9.10 Å². The Balaban J connectivity index is 2.22. The van der Waals surface area contributed by atoms with Crippen molar-refractivity contribution in [2.45, 2.75) is 18.7 Å². The Morgan fingerprint density at radius 2 is 1.64 bits per heavy atom. The Kier molecular flexibility index (Phi) is 7.20. The number of hydrogen-bond donors (Lipinski definition) is 1. The first-order valence-corrected chi connectivity index (χ1v) is 12.1. The molecule has 0 aromatic heterocycles. The van der Waals surface area contributed by atoms with Crippen LogP contribution in [-0.2, 0) is 19.9 Å². The summed E-state index contributed by atoms with van der Waals surface area (Å²) in [4.78, 5) is 12.3. The molecule has 0 saturated heterocycles. The van der Waals surface area contributed by atoms with Crippen molar-refractivity contribution in [2.75, 3.05) is 28.9 Å². The minimum Gasteiger partial charge on any atom is -0.351 e. The zero-order valence-corrected chi connectivity index (χ0v) is 17.5. The molecule has 2 aromatic carbocycles. The van der Waals surface area contributed by atoms with Crippen LogP contribution in [0.25, 0.3) is 0 Å². The van der Waals surface area contributed by atoms with Crippen LogP contribution in [0.2, 0.25) is 0 Å². The van der Waals surface area contributed by atoms with E-state index in [1.165, 1.54) is 35.5 Å². The van der Waals surface area contributed by atoms with Crippen LogP contribution >= 0.6 is 0 Å². The highest BCUT2D eigenvalue weighted by molar-refractivity contribution is 7.92. The number of carbonyl (C=O) groups is 1. The summed E-state index contributed by atoms with van der Waals surface area (Å²) in [6, 6.07) is 14.4. The fraction of sp³-hybridized carbons (Fsp3) is 0.316. The van der Waals surface area contributed by atoms with E-state index in [1.807, 2.05) is 0 Å². The molecule has 1 amide bonds. The van der Waals surface area contributed by atoms with E-state index in [4.69, 9.17) is 0 Å². The van der Waals surface area contributed by atoms with E-state index in [2.05, 4.69) is 5.32 Å². The van der Waals surface area contributed by atoms with Crippen LogP contribution < -0.4 is 9.62 Å². The fourth-order valence-corrected chi connectivity index (χ4v) is 4.80. The summed E-state index contributed by atoms with van der Waals surface area (Å²) in [5, 5.41) is 2.52. The van der Waals surface area contributed by atoms with Crippen LogP contribution in [0.15, 0.2) is 59.5 Å². The molecule has 2 aromatic rings. The first-order valence-electron chi connectivity index (χ1n) is 8.87. The molecule has 7 nitrogen and oxygen atoms in total. The Morgan fingerprint density at radius 1 is 0.964 bits per heavy atom. The molecular formula is C19H24N2O5S2. The number of amides is 1. The van der Waals surface area contributed by atoms with Crippen molar-refractivity contribution in [3.05, 3.63) is 60.2 Å². The molecule has 152 valence electrons. The van der Waals surface area contributed by atoms with Gasteiger partial charge in [0.05, 0.1) is 16.3 Å². The molecule has 0 unspecified atom stereocenters. The van der Waals surface area contributed by atoms with Crippen LogP contribution in [0.4, 0.5) is 5.69 Å². The Morgan fingerprint density at radius 3 is 2.25 bits per heavy atom. The number of nitrogens with zero attached hydrogens (tertiary/aromatic N) is 1. The maximum Gasteiger partial charge on any atom is 0.264 e. The Labute approximate surface area is 166 Å². The van der Waals surface area contributed by atoms with Crippen molar-refractivity contribution >= 4 is 31.5 Å². The highest BCUT2D eigenvalue weighted by atomic mass is 32.2. The number of carbonyl (C=O) groups excluding carboxylic acids is 1. The molecule has 0 saturated carbocycles. The topological polar surface area (TPSA) is 101 Å². The van der Waals surface area contributed by atoms with Gasteiger partial charge >= 0.3 is 0 Å². The lowest BCUT2D eigenvalue weighted by molar-refractivity contribution is 0.0956. The van der Waals surface area contributed by atoms with E-state index in [1.54, 1.807) is 37.3 Å². The first-order chi connectivity index (χ1) is 13.2. The van der Waals surface area contributed by atoms with E-state index in [9.17, 15) is 21.6 Å². The zero-order valence-electron chi connectivity index (χ0n) is 15.8. The average molecular weight is 425 g/mol. The van der Waals surface area contributed by atoms with E-state index < -0.39 is 25.8 Å². The van der Waals surface area contributed by atoms with E-state index in [-0.39, 0.29) is 35.1 Å². The predicted molar refractivity (Wildman–Crippen MR) is 110 cm³/mol. The molecule has 0 aliphatic rings. The summed E-state index contributed by atoms with van der Waals surface area (Å²) in [6.45, 7) is 3.47. The van der Waals surface area contributed by atoms with Crippen LogP contribution in [0, 0.1) is 0 Å². The zero-order chi connectivity index (χ0) is 20.8. The lowest BCUT2D eigenvalue weighted by atomic mass is 10.2. The van der Waals surface area contributed by atoms with Crippen LogP contribution in [0.3, 0.4) is 0 Å². The van der Waals surface area contributed by atoms with Gasteiger partial charge in [0.25, 0.3) is 15.9 Å². The minimum absolute atomic E-state index is 0.00291. The number of benzene rings is 2. The molecule has 0 spiro atoms. The largest absolute Gasteiger partial charge is 0.351 e. The van der Waals surface area contributed by atoms with Crippen molar-refractivity contribution < 1.29 is 21.6 Å². The van der Waals surface area contributed by atoms with E-state index >= 15 is 0 Å². The normalized spacial score (nSPS) is 11.8. The molecule has 0 radical (unpaired) electrons. The Bertz CT molecular complexity index is 1020. The summed E-state index contributed by atoms with van der Waals surface area (Å²) >= 11 is 0. The van der Waals surface area contributed by atoms with Gasteiger partial charge in [0, 0.05) is 24.4 Å². The van der Waals surface area contributed by atoms with E-state index in [0.717, 1.165) is 0 Å². The van der Waals surface area contributed by atoms with Crippen LogP contribution in [-0.4, -0.2) is 47.3 Å². The second-order valence-corrected chi connectivity index (χ2v) is 10.4. The maximum absolute atomic E-state index is 13.0. The third kappa shape index (κ3) is 5.32. The van der Waals surface area contributed by atoms with Crippen molar-refractivity contribution in [3.8, 4) is 0 Å². The molecule has 28 heavy (non-hydrogen) atoms. The van der Waals surface area contributed by atoms with Gasteiger partial charge in [-0.15, -0.1) is 0 Å². The number of sulfone groups is 1. The van der Waals surface area contributed by atoms with Gasteiger partial charge in [-0.1, -0.05) is 31.2 Å². The standard InChI is InChI=1S/C19H24N2O5S2/c1-3-21(17-10-6-5-7-11-17)28(25,26)18-12-8-9-16(15-18)19(22)20-13-14-27(23,24)4-2/h5-12,15H,3-4,13-14H2,1-2H3,(H,20,22). The smallest absolute Gasteiger partial charge is 0.264 e. The van der Waals surface area contributed by atoms with Crippen LogP contribution in [0.5, 0.6) is 0 Å². The van der Waals surface area contributed by atoms with Gasteiger partial charge in [-0.25, -0.2) is 16.8 Å². The maximum atomic E-state index is 13.0. The van der Waals surface area contributed by atoms with Crippen molar-refractivity contribution in [1.82, 2.24) is 5.32 Å². The summed E-state index contributed by atoms with van der Waals surface area (Å²) in [5.74, 6) is -0.681. The van der Waals surface area contributed by atoms with Crippen molar-refractivity contribution in [3.63, 3.8) is 0 Å². The second-order valence-electron chi connectivity index (χ2n) is 6.03. The van der Waals surface area contributed by atoms with Gasteiger partial charge < -0.3 is 5.32 Å². The number of hydrogen-bond acceptors (Lipinski definition) is 5. The van der Waals surface area contributed by atoms with Gasteiger partial charge in [0.2, 0.25) is 0 Å². The lowest BCUT2D eigenvalue weighted by Gasteiger charge is -2.23.